The van der Waals surface area contributed by atoms with Crippen LogP contribution in [-0.4, -0.2) is 29.8 Å². The quantitative estimate of drug-likeness (QED) is 0.937. The average molecular weight is 332 g/mol. The van der Waals surface area contributed by atoms with E-state index in [1.807, 2.05) is 17.5 Å². The predicted octanol–water partition coefficient (Wildman–Crippen LogP) is 3.38. The number of halogens is 1. The molecule has 120 valence electrons. The van der Waals surface area contributed by atoms with Gasteiger partial charge in [-0.3, -0.25) is 9.59 Å². The van der Waals surface area contributed by atoms with Crippen LogP contribution in [0.25, 0.3) is 0 Å². The van der Waals surface area contributed by atoms with E-state index in [2.05, 4.69) is 5.32 Å². The highest BCUT2D eigenvalue weighted by atomic mass is 32.1. The number of nitrogens with one attached hydrogen (secondary N) is 1. The van der Waals surface area contributed by atoms with E-state index < -0.39 is 0 Å². The molecule has 1 fully saturated rings. The Morgan fingerprint density at radius 1 is 1.13 bits per heavy atom. The van der Waals surface area contributed by atoms with Crippen LogP contribution in [0, 0.1) is 11.7 Å². The number of hydrogen-bond donors (Lipinski definition) is 1. The molecule has 0 unspecified atom stereocenters. The molecule has 0 saturated carbocycles. The monoisotopic (exact) mass is 332 g/mol. The number of carbonyl (C=O) groups excluding carboxylic acids is 2. The summed E-state index contributed by atoms with van der Waals surface area (Å²) in [4.78, 5) is 27.0. The second-order valence-corrected chi connectivity index (χ2v) is 6.49. The summed E-state index contributed by atoms with van der Waals surface area (Å²) in [6, 6.07) is 9.41. The molecule has 0 bridgehead atoms. The molecule has 3 rings (SSSR count). The fraction of sp³-hybridized carbons (Fsp3) is 0.294. The van der Waals surface area contributed by atoms with Gasteiger partial charge in [-0.1, -0.05) is 6.07 Å². The summed E-state index contributed by atoms with van der Waals surface area (Å²) in [7, 11) is 0. The first-order chi connectivity index (χ1) is 11.1. The number of nitrogens with zero attached hydrogens (tertiary/aromatic N) is 1. The molecule has 1 aromatic heterocycles. The molecule has 4 nitrogen and oxygen atoms in total. The van der Waals surface area contributed by atoms with Crippen molar-refractivity contribution in [2.75, 3.05) is 18.4 Å². The van der Waals surface area contributed by atoms with Crippen molar-refractivity contribution in [1.29, 1.82) is 0 Å². The molecule has 0 aliphatic carbocycles. The van der Waals surface area contributed by atoms with Gasteiger partial charge in [-0.2, -0.15) is 0 Å². The van der Waals surface area contributed by atoms with Gasteiger partial charge in [0.05, 0.1) is 4.88 Å². The molecule has 1 aromatic carbocycles. The topological polar surface area (TPSA) is 49.4 Å². The lowest BCUT2D eigenvalue weighted by atomic mass is 9.95. The van der Waals surface area contributed by atoms with E-state index in [9.17, 15) is 14.0 Å². The van der Waals surface area contributed by atoms with Gasteiger partial charge in [0.1, 0.15) is 5.82 Å². The lowest BCUT2D eigenvalue weighted by Gasteiger charge is -2.31. The van der Waals surface area contributed by atoms with Crippen molar-refractivity contribution < 1.29 is 14.0 Å². The summed E-state index contributed by atoms with van der Waals surface area (Å²) in [6.07, 6.45) is 1.29. The van der Waals surface area contributed by atoms with Gasteiger partial charge in [-0.25, -0.2) is 4.39 Å². The van der Waals surface area contributed by atoms with Crippen LogP contribution < -0.4 is 5.32 Å². The molecular formula is C17H17FN2O2S. The van der Waals surface area contributed by atoms with Crippen molar-refractivity contribution >= 4 is 28.8 Å². The Morgan fingerprint density at radius 2 is 1.83 bits per heavy atom. The summed E-state index contributed by atoms with van der Waals surface area (Å²) in [5.41, 5.74) is 0.591. The van der Waals surface area contributed by atoms with Gasteiger partial charge in [0, 0.05) is 24.7 Å². The fourth-order valence-electron chi connectivity index (χ4n) is 2.68. The smallest absolute Gasteiger partial charge is 0.263 e. The highest BCUT2D eigenvalue weighted by Gasteiger charge is 2.28. The van der Waals surface area contributed by atoms with Gasteiger partial charge in [-0.05, 0) is 48.6 Å². The summed E-state index contributed by atoms with van der Waals surface area (Å²) in [5.74, 6) is -0.479. The first kappa shape index (κ1) is 15.7. The Morgan fingerprint density at radius 3 is 2.43 bits per heavy atom. The maximum absolute atomic E-state index is 12.9. The third-order valence-electron chi connectivity index (χ3n) is 4.00. The number of likely N-dealkylation sites (tertiary alicyclic amines) is 1. The lowest BCUT2D eigenvalue weighted by Crippen LogP contribution is -2.41. The molecule has 1 N–H and O–H groups in total. The van der Waals surface area contributed by atoms with Crippen molar-refractivity contribution in [3.63, 3.8) is 0 Å². The summed E-state index contributed by atoms with van der Waals surface area (Å²) < 4.78 is 12.9. The maximum atomic E-state index is 12.9. The molecule has 0 radical (unpaired) electrons. The standard InChI is InChI=1S/C17H17FN2O2S/c18-13-3-5-14(6-4-13)19-16(21)12-7-9-20(10-8-12)17(22)15-2-1-11-23-15/h1-6,11-12H,7-10H2,(H,19,21). The van der Waals surface area contributed by atoms with Crippen molar-refractivity contribution in [2.45, 2.75) is 12.8 Å². The molecule has 6 heteroatoms. The van der Waals surface area contributed by atoms with E-state index in [-0.39, 0.29) is 23.5 Å². The van der Waals surface area contributed by atoms with Gasteiger partial charge >= 0.3 is 0 Å². The van der Waals surface area contributed by atoms with Crippen molar-refractivity contribution in [2.24, 2.45) is 5.92 Å². The molecule has 0 spiro atoms. The zero-order valence-electron chi connectivity index (χ0n) is 12.5. The molecule has 0 atom stereocenters. The highest BCUT2D eigenvalue weighted by molar-refractivity contribution is 7.12. The van der Waals surface area contributed by atoms with Gasteiger partial charge in [-0.15, -0.1) is 11.3 Å². The average Bonchev–Trinajstić information content (AvgIpc) is 3.11. The Hall–Kier alpha value is -2.21. The molecule has 2 amide bonds. The van der Waals surface area contributed by atoms with Gasteiger partial charge in [0.15, 0.2) is 0 Å². The van der Waals surface area contributed by atoms with Crippen molar-refractivity contribution in [3.05, 3.63) is 52.5 Å². The minimum Gasteiger partial charge on any atom is -0.338 e. The summed E-state index contributed by atoms with van der Waals surface area (Å²) >= 11 is 1.43. The molecule has 2 heterocycles. The zero-order chi connectivity index (χ0) is 16.2. The van der Waals surface area contributed by atoms with Crippen LogP contribution in [0.3, 0.4) is 0 Å². The number of rotatable bonds is 3. The van der Waals surface area contributed by atoms with E-state index in [1.165, 1.54) is 23.5 Å². The number of benzene rings is 1. The van der Waals surface area contributed by atoms with Gasteiger partial charge < -0.3 is 10.2 Å². The third kappa shape index (κ3) is 3.76. The van der Waals surface area contributed by atoms with Crippen molar-refractivity contribution in [1.82, 2.24) is 4.90 Å². The van der Waals surface area contributed by atoms with E-state index >= 15 is 0 Å². The second-order valence-electron chi connectivity index (χ2n) is 5.54. The largest absolute Gasteiger partial charge is 0.338 e. The number of thiophene rings is 1. The number of anilines is 1. The van der Waals surface area contributed by atoms with E-state index in [4.69, 9.17) is 0 Å². The zero-order valence-corrected chi connectivity index (χ0v) is 13.3. The Bertz CT molecular complexity index is 677. The minimum atomic E-state index is -0.330. The number of amides is 2. The van der Waals surface area contributed by atoms with E-state index in [0.29, 0.717) is 31.6 Å². The second kappa shape index (κ2) is 6.91. The summed E-state index contributed by atoms with van der Waals surface area (Å²) in [5, 5.41) is 4.69. The predicted molar refractivity (Wildman–Crippen MR) is 88.0 cm³/mol. The third-order valence-corrected chi connectivity index (χ3v) is 4.85. The van der Waals surface area contributed by atoms with Crippen LogP contribution in [0.4, 0.5) is 10.1 Å². The number of hydrogen-bond acceptors (Lipinski definition) is 3. The Balaban J connectivity index is 1.53. The van der Waals surface area contributed by atoms with E-state index in [1.54, 1.807) is 17.0 Å². The lowest BCUT2D eigenvalue weighted by molar-refractivity contribution is -0.121. The molecular weight excluding hydrogens is 315 g/mol. The minimum absolute atomic E-state index is 0.0393. The SMILES string of the molecule is O=C(Nc1ccc(F)cc1)C1CCN(C(=O)c2cccs2)CC1. The van der Waals surface area contributed by atoms with Crippen LogP contribution in [0.2, 0.25) is 0 Å². The van der Waals surface area contributed by atoms with Crippen LogP contribution in [0.1, 0.15) is 22.5 Å². The Labute approximate surface area is 137 Å². The molecule has 2 aromatic rings. The highest BCUT2D eigenvalue weighted by Crippen LogP contribution is 2.22. The first-order valence-corrected chi connectivity index (χ1v) is 8.40. The van der Waals surface area contributed by atoms with Crippen LogP contribution in [0.15, 0.2) is 41.8 Å². The van der Waals surface area contributed by atoms with Crippen LogP contribution >= 0.6 is 11.3 Å². The number of piperidine rings is 1. The summed E-state index contributed by atoms with van der Waals surface area (Å²) in [6.45, 7) is 1.16. The van der Waals surface area contributed by atoms with Crippen molar-refractivity contribution in [3.8, 4) is 0 Å². The van der Waals surface area contributed by atoms with E-state index in [0.717, 1.165) is 4.88 Å². The molecule has 1 aliphatic rings. The van der Waals surface area contributed by atoms with Crippen LogP contribution in [0.5, 0.6) is 0 Å². The molecule has 1 saturated heterocycles. The van der Waals surface area contributed by atoms with Gasteiger partial charge in [0.25, 0.3) is 5.91 Å². The van der Waals surface area contributed by atoms with Gasteiger partial charge in [0.2, 0.25) is 5.91 Å². The first-order valence-electron chi connectivity index (χ1n) is 7.52. The maximum Gasteiger partial charge on any atom is 0.263 e. The molecule has 23 heavy (non-hydrogen) atoms. The Kier molecular flexibility index (Phi) is 4.71. The normalized spacial score (nSPS) is 15.4. The van der Waals surface area contributed by atoms with Crippen LogP contribution in [-0.2, 0) is 4.79 Å². The number of carbonyl (C=O) groups is 2. The fourth-order valence-corrected chi connectivity index (χ4v) is 3.37. The molecule has 1 aliphatic heterocycles.